The number of aliphatic hydroxyl groups is 2. The van der Waals surface area contributed by atoms with Crippen LogP contribution in [0, 0.1) is 45.3 Å². The number of nitriles is 1. The molecule has 2 saturated carbocycles. The first-order valence-corrected chi connectivity index (χ1v) is 10.3. The molecule has 3 heteroatoms. The fourth-order valence-corrected chi connectivity index (χ4v) is 7.58. The van der Waals surface area contributed by atoms with E-state index in [0.717, 1.165) is 32.1 Å². The van der Waals surface area contributed by atoms with Crippen molar-refractivity contribution in [3.8, 4) is 6.07 Å². The molecule has 4 rings (SSSR count). The molecule has 2 N–H and O–H groups in total. The highest BCUT2D eigenvalue weighted by molar-refractivity contribution is 5.45. The molecule has 0 heterocycles. The van der Waals surface area contributed by atoms with Gasteiger partial charge < -0.3 is 10.2 Å². The Balaban J connectivity index is 1.79. The van der Waals surface area contributed by atoms with Crippen molar-refractivity contribution in [1.29, 1.82) is 5.26 Å². The summed E-state index contributed by atoms with van der Waals surface area (Å²) in [5, 5.41) is 31.4. The number of nitrogens with zero attached hydrogens (tertiary/aromatic N) is 1. The average Bonchev–Trinajstić information content (AvgIpc) is 2.81. The molecule has 0 spiro atoms. The Kier molecular flexibility index (Phi) is 3.60. The summed E-state index contributed by atoms with van der Waals surface area (Å²) in [6, 6.07) is 2.29. The number of allylic oxidation sites excluding steroid dienone is 3. The topological polar surface area (TPSA) is 64.2 Å². The van der Waals surface area contributed by atoms with Gasteiger partial charge in [0.05, 0.1) is 17.2 Å². The highest BCUT2D eigenvalue weighted by atomic mass is 16.3. The van der Waals surface area contributed by atoms with Crippen molar-refractivity contribution >= 4 is 0 Å². The summed E-state index contributed by atoms with van der Waals surface area (Å²) < 4.78 is 0. The SMILES string of the molecule is CC1(C)C2=CC[C@@H]3[C@H](CC[C@@]4(C)[C@H]3CC[C@@]4(C)O)[C@@]2(C)CC(C#N)=C1O. The maximum absolute atomic E-state index is 11.0. The lowest BCUT2D eigenvalue weighted by atomic mass is 9.44. The predicted molar refractivity (Wildman–Crippen MR) is 102 cm³/mol. The molecule has 26 heavy (non-hydrogen) atoms. The quantitative estimate of drug-likeness (QED) is 0.581. The molecule has 0 bridgehead atoms. The van der Waals surface area contributed by atoms with E-state index in [9.17, 15) is 15.5 Å². The van der Waals surface area contributed by atoms with E-state index in [0.29, 0.717) is 29.7 Å². The molecule has 0 aliphatic heterocycles. The Labute approximate surface area is 157 Å². The third-order valence-electron chi connectivity index (χ3n) is 9.26. The van der Waals surface area contributed by atoms with Crippen LogP contribution in [0.25, 0.3) is 0 Å². The van der Waals surface area contributed by atoms with Crippen LogP contribution >= 0.6 is 0 Å². The molecule has 0 aromatic carbocycles. The Morgan fingerprint density at radius 1 is 1.08 bits per heavy atom. The van der Waals surface area contributed by atoms with Gasteiger partial charge in [-0.1, -0.05) is 25.5 Å². The minimum absolute atomic E-state index is 0.0100. The van der Waals surface area contributed by atoms with Crippen LogP contribution in [0.4, 0.5) is 0 Å². The van der Waals surface area contributed by atoms with Gasteiger partial charge in [-0.3, -0.25) is 0 Å². The van der Waals surface area contributed by atoms with Gasteiger partial charge in [0, 0.05) is 5.41 Å². The maximum Gasteiger partial charge on any atom is 0.116 e. The standard InChI is InChI=1S/C23H33NO2/c1-20(2)18-7-6-15-16(21(18,3)12-14(13-24)19(20)25)8-10-22(4)17(15)9-11-23(22,5)26/h7,15-17,25-26H,6,8-12H2,1-5H3/t15-,16+,17+,21-,22+,23-/m1/s1. The lowest BCUT2D eigenvalue weighted by Gasteiger charge is -2.60. The Bertz CT molecular complexity index is 753. The predicted octanol–water partition coefficient (Wildman–Crippen LogP) is 5.28. The van der Waals surface area contributed by atoms with Crippen LogP contribution in [0.1, 0.15) is 73.1 Å². The van der Waals surface area contributed by atoms with Gasteiger partial charge in [-0.15, -0.1) is 0 Å². The first-order chi connectivity index (χ1) is 12.0. The first kappa shape index (κ1) is 18.1. The summed E-state index contributed by atoms with van der Waals surface area (Å²) in [6.07, 6.45) is 8.27. The summed E-state index contributed by atoms with van der Waals surface area (Å²) in [7, 11) is 0. The third-order valence-corrected chi connectivity index (χ3v) is 9.26. The van der Waals surface area contributed by atoms with Gasteiger partial charge in [-0.25, -0.2) is 0 Å². The second-order valence-electron chi connectivity index (χ2n) is 10.7. The number of rotatable bonds is 0. The fraction of sp³-hybridized carbons (Fsp3) is 0.783. The van der Waals surface area contributed by atoms with Crippen LogP contribution in [0.15, 0.2) is 23.0 Å². The molecule has 4 aliphatic rings. The van der Waals surface area contributed by atoms with Crippen LogP contribution in [0.3, 0.4) is 0 Å². The second kappa shape index (κ2) is 5.16. The van der Waals surface area contributed by atoms with Crippen molar-refractivity contribution in [3.05, 3.63) is 23.0 Å². The smallest absolute Gasteiger partial charge is 0.116 e. The molecule has 142 valence electrons. The zero-order valence-corrected chi connectivity index (χ0v) is 16.9. The van der Waals surface area contributed by atoms with Gasteiger partial charge in [0.15, 0.2) is 0 Å². The Hall–Kier alpha value is -1.27. The molecular weight excluding hydrogens is 322 g/mol. The van der Waals surface area contributed by atoms with Gasteiger partial charge in [0.25, 0.3) is 0 Å². The number of aliphatic hydroxyl groups excluding tert-OH is 1. The molecule has 0 amide bonds. The Morgan fingerprint density at radius 3 is 2.38 bits per heavy atom. The van der Waals surface area contributed by atoms with Crippen LogP contribution in [-0.4, -0.2) is 15.8 Å². The van der Waals surface area contributed by atoms with E-state index in [2.05, 4.69) is 39.8 Å². The maximum atomic E-state index is 11.0. The molecule has 0 unspecified atom stereocenters. The van der Waals surface area contributed by atoms with Gasteiger partial charge in [0.1, 0.15) is 5.76 Å². The summed E-state index contributed by atoms with van der Waals surface area (Å²) in [6.45, 7) is 10.8. The van der Waals surface area contributed by atoms with E-state index >= 15 is 0 Å². The van der Waals surface area contributed by atoms with Gasteiger partial charge in [0.2, 0.25) is 0 Å². The Morgan fingerprint density at radius 2 is 1.73 bits per heavy atom. The third kappa shape index (κ3) is 1.97. The molecule has 4 aliphatic carbocycles. The van der Waals surface area contributed by atoms with Crippen molar-refractivity contribution in [2.75, 3.05) is 0 Å². The van der Waals surface area contributed by atoms with Crippen LogP contribution < -0.4 is 0 Å². The minimum atomic E-state index is -0.560. The normalized spacial score (nSPS) is 49.6. The van der Waals surface area contributed by atoms with E-state index in [4.69, 9.17) is 0 Å². The van der Waals surface area contributed by atoms with Crippen LogP contribution in [-0.2, 0) is 0 Å². The lowest BCUT2D eigenvalue weighted by molar-refractivity contribution is -0.113. The monoisotopic (exact) mass is 355 g/mol. The van der Waals surface area contributed by atoms with Crippen molar-refractivity contribution in [2.24, 2.45) is 34.0 Å². The van der Waals surface area contributed by atoms with E-state index in [1.165, 1.54) is 5.57 Å². The van der Waals surface area contributed by atoms with E-state index in [1.807, 2.05) is 6.92 Å². The molecule has 0 radical (unpaired) electrons. The molecule has 0 aromatic heterocycles. The van der Waals surface area contributed by atoms with E-state index in [1.54, 1.807) is 0 Å². The van der Waals surface area contributed by atoms with Gasteiger partial charge >= 0.3 is 0 Å². The van der Waals surface area contributed by atoms with Crippen molar-refractivity contribution in [2.45, 2.75) is 78.7 Å². The van der Waals surface area contributed by atoms with Gasteiger partial charge in [-0.2, -0.15) is 5.26 Å². The number of fused-ring (bicyclic) bond motifs is 5. The summed E-state index contributed by atoms with van der Waals surface area (Å²) in [4.78, 5) is 0. The number of hydrogen-bond donors (Lipinski definition) is 2. The second-order valence-corrected chi connectivity index (χ2v) is 10.7. The molecule has 0 aromatic rings. The largest absolute Gasteiger partial charge is 0.510 e. The minimum Gasteiger partial charge on any atom is -0.510 e. The molecule has 0 saturated heterocycles. The van der Waals surface area contributed by atoms with Crippen molar-refractivity contribution in [1.82, 2.24) is 0 Å². The van der Waals surface area contributed by atoms with Crippen molar-refractivity contribution in [3.63, 3.8) is 0 Å². The van der Waals surface area contributed by atoms with E-state index < -0.39 is 11.0 Å². The zero-order valence-electron chi connectivity index (χ0n) is 16.9. The zero-order chi connectivity index (χ0) is 19.1. The van der Waals surface area contributed by atoms with Crippen molar-refractivity contribution < 1.29 is 10.2 Å². The molecular formula is C23H33NO2. The molecule has 3 nitrogen and oxygen atoms in total. The highest BCUT2D eigenvalue weighted by Crippen LogP contribution is 2.69. The van der Waals surface area contributed by atoms with Gasteiger partial charge in [-0.05, 0) is 87.9 Å². The summed E-state index contributed by atoms with van der Waals surface area (Å²) in [5.41, 5.74) is 0.841. The molecule has 2 fully saturated rings. The lowest BCUT2D eigenvalue weighted by Crippen LogP contribution is -2.54. The first-order valence-electron chi connectivity index (χ1n) is 10.3. The van der Waals surface area contributed by atoms with Crippen LogP contribution in [0.2, 0.25) is 0 Å². The summed E-state index contributed by atoms with van der Waals surface area (Å²) >= 11 is 0. The summed E-state index contributed by atoms with van der Waals surface area (Å²) in [5.74, 6) is 1.93. The average molecular weight is 356 g/mol. The van der Waals surface area contributed by atoms with Crippen LogP contribution in [0.5, 0.6) is 0 Å². The number of hydrogen-bond acceptors (Lipinski definition) is 3. The fourth-order valence-electron chi connectivity index (χ4n) is 7.58. The van der Waals surface area contributed by atoms with E-state index in [-0.39, 0.29) is 16.6 Å². The molecule has 6 atom stereocenters. The highest BCUT2D eigenvalue weighted by Gasteiger charge is 2.63.